The molecule has 1 unspecified atom stereocenters. The van der Waals surface area contributed by atoms with Crippen molar-refractivity contribution in [1.82, 2.24) is 10.4 Å². The van der Waals surface area contributed by atoms with Crippen LogP contribution in [-0.4, -0.2) is 42.9 Å². The van der Waals surface area contributed by atoms with Gasteiger partial charge in [-0.3, -0.25) is 0 Å². The number of carbonyl (C=O) groups is 2. The van der Waals surface area contributed by atoms with Crippen LogP contribution in [0, 0.1) is 0 Å². The number of hydrazine groups is 1. The van der Waals surface area contributed by atoms with Crippen molar-refractivity contribution < 1.29 is 19.1 Å². The fraction of sp³-hybridized carbons (Fsp3) is 0.600. The van der Waals surface area contributed by atoms with Crippen LogP contribution in [-0.2, 0) is 14.3 Å². The van der Waals surface area contributed by atoms with E-state index >= 15 is 0 Å². The van der Waals surface area contributed by atoms with Crippen LogP contribution in [0.1, 0.15) is 13.8 Å². The molecule has 0 bridgehead atoms. The molecule has 90 valence electrons. The molecule has 1 N–H and O–H groups in total. The zero-order valence-corrected chi connectivity index (χ0v) is 9.43. The van der Waals surface area contributed by atoms with Gasteiger partial charge in [-0.05, 0) is 13.8 Å². The quantitative estimate of drug-likeness (QED) is 0.561. The molecule has 6 nitrogen and oxygen atoms in total. The van der Waals surface area contributed by atoms with Crippen molar-refractivity contribution in [1.29, 1.82) is 0 Å². The van der Waals surface area contributed by atoms with Crippen LogP contribution in [0.2, 0.25) is 0 Å². The van der Waals surface area contributed by atoms with E-state index in [0.29, 0.717) is 6.54 Å². The van der Waals surface area contributed by atoms with Gasteiger partial charge in [-0.25, -0.2) is 20.0 Å². The van der Waals surface area contributed by atoms with Gasteiger partial charge >= 0.3 is 12.1 Å². The number of amides is 1. The van der Waals surface area contributed by atoms with Crippen molar-refractivity contribution in [2.24, 2.45) is 0 Å². The van der Waals surface area contributed by atoms with Crippen LogP contribution in [0.5, 0.6) is 0 Å². The van der Waals surface area contributed by atoms with E-state index in [1.165, 1.54) is 0 Å². The number of hydrogen-bond donors (Lipinski definition) is 1. The van der Waals surface area contributed by atoms with Crippen molar-refractivity contribution >= 4 is 12.1 Å². The summed E-state index contributed by atoms with van der Waals surface area (Å²) in [7, 11) is 0. The van der Waals surface area contributed by atoms with Gasteiger partial charge in [-0.15, -0.1) is 0 Å². The van der Waals surface area contributed by atoms with E-state index in [0.717, 1.165) is 5.01 Å². The highest BCUT2D eigenvalue weighted by molar-refractivity contribution is 5.83. The van der Waals surface area contributed by atoms with E-state index in [1.807, 2.05) is 0 Å². The zero-order valence-electron chi connectivity index (χ0n) is 9.43. The smallest absolute Gasteiger partial charge is 0.425 e. The summed E-state index contributed by atoms with van der Waals surface area (Å²) in [4.78, 5) is 23.1. The summed E-state index contributed by atoms with van der Waals surface area (Å²) in [6.45, 7) is 4.44. The first-order chi connectivity index (χ1) is 7.70. The third kappa shape index (κ3) is 2.96. The summed E-state index contributed by atoms with van der Waals surface area (Å²) in [5.74, 6) is -0.473. The molecule has 1 heterocycles. The third-order valence-corrected chi connectivity index (χ3v) is 1.97. The summed E-state index contributed by atoms with van der Waals surface area (Å²) < 4.78 is 9.68. The molecule has 0 aromatic heterocycles. The first-order valence-corrected chi connectivity index (χ1v) is 5.23. The molecule has 1 rings (SSSR count). The molecule has 0 radical (unpaired) electrons. The topological polar surface area (TPSA) is 67.9 Å². The highest BCUT2D eigenvalue weighted by atomic mass is 16.6. The second kappa shape index (κ2) is 6.12. The highest BCUT2D eigenvalue weighted by Crippen LogP contribution is 2.07. The molecule has 0 fully saturated rings. The van der Waals surface area contributed by atoms with Crippen molar-refractivity contribution in [2.45, 2.75) is 19.9 Å². The Kier molecular flexibility index (Phi) is 4.78. The van der Waals surface area contributed by atoms with Crippen LogP contribution >= 0.6 is 0 Å². The number of nitrogens with one attached hydrogen (secondary N) is 1. The first-order valence-electron chi connectivity index (χ1n) is 5.23. The molecule has 1 amide bonds. The van der Waals surface area contributed by atoms with E-state index in [4.69, 9.17) is 9.47 Å². The van der Waals surface area contributed by atoms with E-state index < -0.39 is 18.1 Å². The Labute approximate surface area is 94.2 Å². The Morgan fingerprint density at radius 3 is 2.69 bits per heavy atom. The molecule has 1 aliphatic rings. The molecule has 1 aliphatic heterocycles. The number of carbonyl (C=O) groups excluding carboxylic acids is 2. The number of hydrogen-bond acceptors (Lipinski definition) is 5. The molecule has 6 heteroatoms. The van der Waals surface area contributed by atoms with Gasteiger partial charge in [0, 0.05) is 6.54 Å². The molecular formula is C10H16N2O4. The van der Waals surface area contributed by atoms with Crippen LogP contribution in [0.15, 0.2) is 12.2 Å². The van der Waals surface area contributed by atoms with Crippen molar-refractivity contribution in [3.63, 3.8) is 0 Å². The van der Waals surface area contributed by atoms with Gasteiger partial charge in [0.15, 0.2) is 6.04 Å². The van der Waals surface area contributed by atoms with E-state index in [1.54, 1.807) is 26.0 Å². The summed E-state index contributed by atoms with van der Waals surface area (Å²) in [6.07, 6.45) is 2.80. The molecule has 0 aromatic carbocycles. The van der Waals surface area contributed by atoms with Gasteiger partial charge < -0.3 is 9.47 Å². The van der Waals surface area contributed by atoms with E-state index in [9.17, 15) is 9.59 Å². The Hall–Kier alpha value is -1.56. The molecule has 1 atom stereocenters. The summed E-state index contributed by atoms with van der Waals surface area (Å²) in [5.41, 5.74) is 2.76. The molecule has 0 saturated carbocycles. The normalized spacial score (nSPS) is 19.4. The third-order valence-electron chi connectivity index (χ3n) is 1.97. The molecule has 0 saturated heterocycles. The predicted octanol–water partition coefficient (Wildman–Crippen LogP) is 0.451. The average molecular weight is 228 g/mol. The van der Waals surface area contributed by atoms with Gasteiger partial charge in [0.05, 0.1) is 13.2 Å². The van der Waals surface area contributed by atoms with Crippen LogP contribution in [0.4, 0.5) is 4.79 Å². The minimum Gasteiger partial charge on any atom is -0.464 e. The van der Waals surface area contributed by atoms with Gasteiger partial charge in [-0.2, -0.15) is 0 Å². The molecule has 0 aliphatic carbocycles. The summed E-state index contributed by atoms with van der Waals surface area (Å²) in [5, 5.41) is 1.14. The SMILES string of the molecule is CCOC(=O)C1C=CCNN1C(=O)OCC. The second-order valence-corrected chi connectivity index (χ2v) is 3.06. The van der Waals surface area contributed by atoms with E-state index in [2.05, 4.69) is 5.43 Å². The predicted molar refractivity (Wildman–Crippen MR) is 56.4 cm³/mol. The lowest BCUT2D eigenvalue weighted by atomic mass is 10.2. The lowest BCUT2D eigenvalue weighted by Crippen LogP contribution is -2.54. The van der Waals surface area contributed by atoms with Gasteiger partial charge in [0.1, 0.15) is 0 Å². The molecule has 16 heavy (non-hydrogen) atoms. The summed E-state index contributed by atoms with van der Waals surface area (Å²) >= 11 is 0. The van der Waals surface area contributed by atoms with Crippen molar-refractivity contribution in [3.05, 3.63) is 12.2 Å². The van der Waals surface area contributed by atoms with Crippen LogP contribution in [0.3, 0.4) is 0 Å². The Bertz CT molecular complexity index is 291. The van der Waals surface area contributed by atoms with Gasteiger partial charge in [0.25, 0.3) is 0 Å². The Morgan fingerprint density at radius 2 is 2.06 bits per heavy atom. The lowest BCUT2D eigenvalue weighted by Gasteiger charge is -2.29. The van der Waals surface area contributed by atoms with Crippen LogP contribution < -0.4 is 5.43 Å². The monoisotopic (exact) mass is 228 g/mol. The fourth-order valence-electron chi connectivity index (χ4n) is 1.32. The lowest BCUT2D eigenvalue weighted by molar-refractivity contribution is -0.148. The standard InChI is InChI=1S/C10H16N2O4/c1-3-15-9(13)8-6-5-7-11-12(8)10(14)16-4-2/h5-6,8,11H,3-4,7H2,1-2H3. The Morgan fingerprint density at radius 1 is 1.38 bits per heavy atom. The number of esters is 1. The average Bonchev–Trinajstić information content (AvgIpc) is 2.30. The minimum absolute atomic E-state index is 0.260. The maximum Gasteiger partial charge on any atom is 0.425 e. The Balaban J connectivity index is 2.70. The zero-order chi connectivity index (χ0) is 12.0. The molecular weight excluding hydrogens is 212 g/mol. The highest BCUT2D eigenvalue weighted by Gasteiger charge is 2.31. The van der Waals surface area contributed by atoms with Crippen molar-refractivity contribution in [3.8, 4) is 0 Å². The summed E-state index contributed by atoms with van der Waals surface area (Å²) in [6, 6.07) is -0.757. The van der Waals surface area contributed by atoms with Gasteiger partial charge in [0.2, 0.25) is 0 Å². The minimum atomic E-state index is -0.757. The maximum atomic E-state index is 11.6. The largest absolute Gasteiger partial charge is 0.464 e. The molecule has 0 aromatic rings. The van der Waals surface area contributed by atoms with Crippen molar-refractivity contribution in [2.75, 3.05) is 19.8 Å². The number of ether oxygens (including phenoxy) is 2. The molecule has 0 spiro atoms. The maximum absolute atomic E-state index is 11.6. The van der Waals surface area contributed by atoms with E-state index in [-0.39, 0.29) is 13.2 Å². The first kappa shape index (κ1) is 12.5. The fourth-order valence-corrected chi connectivity index (χ4v) is 1.32. The number of nitrogens with zero attached hydrogens (tertiary/aromatic N) is 1. The second-order valence-electron chi connectivity index (χ2n) is 3.06. The van der Waals surface area contributed by atoms with Crippen LogP contribution in [0.25, 0.3) is 0 Å². The number of rotatable bonds is 3. The van der Waals surface area contributed by atoms with Gasteiger partial charge in [-0.1, -0.05) is 12.2 Å².